The van der Waals surface area contributed by atoms with Gasteiger partial charge in [0.25, 0.3) is 11.5 Å². The minimum atomic E-state index is -0.253. The molecule has 0 bridgehead atoms. The first kappa shape index (κ1) is 14.8. The summed E-state index contributed by atoms with van der Waals surface area (Å²) in [4.78, 5) is 23.8. The lowest BCUT2D eigenvalue weighted by molar-refractivity contribution is 0.0952. The third kappa shape index (κ3) is 3.36. The molecule has 114 valence electrons. The van der Waals surface area contributed by atoms with Gasteiger partial charge in [0.1, 0.15) is 0 Å². The fourth-order valence-electron chi connectivity index (χ4n) is 2.24. The van der Waals surface area contributed by atoms with Crippen molar-refractivity contribution in [2.75, 3.05) is 6.54 Å². The summed E-state index contributed by atoms with van der Waals surface area (Å²) in [5.41, 5.74) is 1.23. The predicted molar refractivity (Wildman–Crippen MR) is 84.3 cm³/mol. The van der Waals surface area contributed by atoms with Gasteiger partial charge in [-0.3, -0.25) is 9.59 Å². The highest BCUT2D eigenvalue weighted by Crippen LogP contribution is 2.38. The number of carbonyl (C=O) groups is 1. The molecule has 22 heavy (non-hydrogen) atoms. The number of carbonyl (C=O) groups excluding carboxylic acids is 1. The summed E-state index contributed by atoms with van der Waals surface area (Å²) >= 11 is 5.97. The van der Waals surface area contributed by atoms with Crippen LogP contribution in [0.1, 0.15) is 34.8 Å². The third-order valence-electron chi connectivity index (χ3n) is 3.61. The van der Waals surface area contributed by atoms with Gasteiger partial charge in [0.15, 0.2) is 0 Å². The van der Waals surface area contributed by atoms with Gasteiger partial charge in [0.05, 0.1) is 22.8 Å². The van der Waals surface area contributed by atoms with Crippen LogP contribution in [0.15, 0.2) is 41.2 Å². The average Bonchev–Trinajstić information content (AvgIpc) is 3.34. The van der Waals surface area contributed by atoms with E-state index in [1.807, 2.05) is 0 Å². The van der Waals surface area contributed by atoms with Crippen LogP contribution in [0, 0.1) is 0 Å². The zero-order valence-corrected chi connectivity index (χ0v) is 12.7. The third-order valence-corrected chi connectivity index (χ3v) is 3.94. The summed E-state index contributed by atoms with van der Waals surface area (Å²) in [5, 5.41) is 7.51. The van der Waals surface area contributed by atoms with Crippen molar-refractivity contribution >= 4 is 17.5 Å². The van der Waals surface area contributed by atoms with Crippen molar-refractivity contribution in [1.82, 2.24) is 15.1 Å². The highest BCUT2D eigenvalue weighted by Gasteiger charge is 2.25. The Labute approximate surface area is 132 Å². The molecule has 0 spiro atoms. The number of benzene rings is 1. The van der Waals surface area contributed by atoms with Gasteiger partial charge in [-0.1, -0.05) is 23.7 Å². The largest absolute Gasteiger partial charge is 0.350 e. The van der Waals surface area contributed by atoms with Gasteiger partial charge in [0, 0.05) is 18.5 Å². The van der Waals surface area contributed by atoms with Crippen molar-refractivity contribution < 1.29 is 4.79 Å². The Kier molecular flexibility index (Phi) is 4.24. The van der Waals surface area contributed by atoms with Crippen LogP contribution in [0.4, 0.5) is 0 Å². The molecule has 0 unspecified atom stereocenters. The van der Waals surface area contributed by atoms with Crippen LogP contribution in [0.2, 0.25) is 5.02 Å². The molecule has 1 aliphatic rings. The van der Waals surface area contributed by atoms with E-state index < -0.39 is 0 Å². The highest BCUT2D eigenvalue weighted by atomic mass is 35.5. The zero-order valence-electron chi connectivity index (χ0n) is 12.0. The standard InChI is InChI=1S/C16H16ClN3O2/c17-13-4-2-1-3-12(13)16(22)18-9-10-20-15(21)8-7-14(19-20)11-5-6-11/h1-4,7-8,11H,5-6,9-10H2,(H,18,22). The lowest BCUT2D eigenvalue weighted by Gasteiger charge is -2.09. The second-order valence-corrected chi connectivity index (χ2v) is 5.74. The molecular weight excluding hydrogens is 302 g/mol. The van der Waals surface area contributed by atoms with E-state index in [-0.39, 0.29) is 11.5 Å². The van der Waals surface area contributed by atoms with Crippen molar-refractivity contribution in [1.29, 1.82) is 0 Å². The number of rotatable bonds is 5. The Morgan fingerprint density at radius 1 is 1.27 bits per heavy atom. The van der Waals surface area contributed by atoms with Gasteiger partial charge in [-0.25, -0.2) is 4.68 Å². The van der Waals surface area contributed by atoms with Crippen LogP contribution in [0.3, 0.4) is 0 Å². The molecule has 1 N–H and O–H groups in total. The van der Waals surface area contributed by atoms with E-state index >= 15 is 0 Å². The monoisotopic (exact) mass is 317 g/mol. The van der Waals surface area contributed by atoms with E-state index in [0.29, 0.717) is 29.6 Å². The maximum absolute atomic E-state index is 12.0. The minimum Gasteiger partial charge on any atom is -0.350 e. The average molecular weight is 318 g/mol. The minimum absolute atomic E-state index is 0.156. The van der Waals surface area contributed by atoms with Crippen molar-refractivity contribution in [3.05, 3.63) is 63.0 Å². The first-order valence-electron chi connectivity index (χ1n) is 7.26. The molecule has 1 amide bonds. The van der Waals surface area contributed by atoms with Crippen molar-refractivity contribution in [3.63, 3.8) is 0 Å². The number of hydrogen-bond donors (Lipinski definition) is 1. The lowest BCUT2D eigenvalue weighted by atomic mass is 10.2. The van der Waals surface area contributed by atoms with E-state index in [4.69, 9.17) is 11.6 Å². The molecule has 5 nitrogen and oxygen atoms in total. The van der Waals surface area contributed by atoms with E-state index in [0.717, 1.165) is 18.5 Å². The Bertz CT molecular complexity index is 753. The molecule has 1 fully saturated rings. The maximum Gasteiger partial charge on any atom is 0.266 e. The van der Waals surface area contributed by atoms with Gasteiger partial charge in [-0.15, -0.1) is 0 Å². The number of hydrogen-bond acceptors (Lipinski definition) is 3. The fourth-order valence-corrected chi connectivity index (χ4v) is 2.46. The van der Waals surface area contributed by atoms with E-state index in [2.05, 4.69) is 10.4 Å². The SMILES string of the molecule is O=C(NCCn1nc(C2CC2)ccc1=O)c1ccccc1Cl. The number of nitrogens with zero attached hydrogens (tertiary/aromatic N) is 2. The molecule has 6 heteroatoms. The molecular formula is C16H16ClN3O2. The summed E-state index contributed by atoms with van der Waals surface area (Å²) in [6.07, 6.45) is 2.27. The smallest absolute Gasteiger partial charge is 0.266 e. The molecule has 0 radical (unpaired) electrons. The highest BCUT2D eigenvalue weighted by molar-refractivity contribution is 6.33. The predicted octanol–water partition coefficient (Wildman–Crippen LogP) is 2.20. The molecule has 1 aliphatic carbocycles. The summed E-state index contributed by atoms with van der Waals surface area (Å²) in [6, 6.07) is 10.2. The van der Waals surface area contributed by atoms with Gasteiger partial charge < -0.3 is 5.32 Å². The Morgan fingerprint density at radius 3 is 2.77 bits per heavy atom. The second-order valence-electron chi connectivity index (χ2n) is 5.33. The normalized spacial score (nSPS) is 13.9. The van der Waals surface area contributed by atoms with Crippen LogP contribution in [0.25, 0.3) is 0 Å². The summed E-state index contributed by atoms with van der Waals surface area (Å²) in [7, 11) is 0. The van der Waals surface area contributed by atoms with Gasteiger partial charge in [-0.05, 0) is 31.0 Å². The van der Waals surface area contributed by atoms with Crippen LogP contribution in [-0.2, 0) is 6.54 Å². The second kappa shape index (κ2) is 6.32. The van der Waals surface area contributed by atoms with Crippen molar-refractivity contribution in [2.24, 2.45) is 0 Å². The first-order chi connectivity index (χ1) is 10.6. The number of amides is 1. The fraction of sp³-hybridized carbons (Fsp3) is 0.312. The molecule has 1 aromatic carbocycles. The van der Waals surface area contributed by atoms with Crippen molar-refractivity contribution in [3.8, 4) is 0 Å². The van der Waals surface area contributed by atoms with E-state index in [9.17, 15) is 9.59 Å². The molecule has 1 aromatic heterocycles. The molecule has 0 saturated heterocycles. The zero-order chi connectivity index (χ0) is 15.5. The van der Waals surface area contributed by atoms with Crippen LogP contribution >= 0.6 is 11.6 Å². The molecule has 0 aliphatic heterocycles. The van der Waals surface area contributed by atoms with Crippen LogP contribution in [-0.4, -0.2) is 22.2 Å². The summed E-state index contributed by atoms with van der Waals surface area (Å²) < 4.78 is 1.40. The molecule has 0 atom stereocenters. The Morgan fingerprint density at radius 2 is 2.05 bits per heavy atom. The van der Waals surface area contributed by atoms with Gasteiger partial charge in [0.2, 0.25) is 0 Å². The van der Waals surface area contributed by atoms with E-state index in [1.54, 1.807) is 30.3 Å². The molecule has 1 saturated carbocycles. The molecule has 3 rings (SSSR count). The lowest BCUT2D eigenvalue weighted by Crippen LogP contribution is -2.32. The van der Waals surface area contributed by atoms with E-state index in [1.165, 1.54) is 10.7 Å². The summed E-state index contributed by atoms with van der Waals surface area (Å²) in [6.45, 7) is 0.667. The van der Waals surface area contributed by atoms with Crippen LogP contribution in [0.5, 0.6) is 0 Å². The van der Waals surface area contributed by atoms with Crippen LogP contribution < -0.4 is 10.9 Å². The number of aromatic nitrogens is 2. The Hall–Kier alpha value is -2.14. The first-order valence-corrected chi connectivity index (χ1v) is 7.64. The quantitative estimate of drug-likeness (QED) is 0.919. The number of nitrogens with one attached hydrogen (secondary N) is 1. The summed E-state index contributed by atoms with van der Waals surface area (Å²) in [5.74, 6) is 0.238. The molecule has 2 aromatic rings. The Balaban J connectivity index is 1.61. The molecule has 1 heterocycles. The van der Waals surface area contributed by atoms with Gasteiger partial charge >= 0.3 is 0 Å². The topological polar surface area (TPSA) is 64.0 Å². The van der Waals surface area contributed by atoms with Crippen molar-refractivity contribution in [2.45, 2.75) is 25.3 Å². The maximum atomic E-state index is 12.0. The number of halogens is 1. The van der Waals surface area contributed by atoms with Gasteiger partial charge in [-0.2, -0.15) is 5.10 Å².